The Kier molecular flexibility index (Phi) is 7.39. The number of hydrogen-bond donors (Lipinski definition) is 1. The van der Waals surface area contributed by atoms with E-state index >= 15 is 0 Å². The number of methoxy groups -OCH3 is 1. The van der Waals surface area contributed by atoms with Crippen molar-refractivity contribution in [2.75, 3.05) is 26.9 Å². The second-order valence-electron chi connectivity index (χ2n) is 7.37. The van der Waals surface area contributed by atoms with Crippen molar-refractivity contribution in [3.8, 4) is 5.75 Å². The van der Waals surface area contributed by atoms with Crippen LogP contribution in [-0.2, 0) is 10.3 Å². The molecule has 2 atom stereocenters. The van der Waals surface area contributed by atoms with Gasteiger partial charge in [-0.05, 0) is 65.1 Å². The molecule has 0 radical (unpaired) electrons. The predicted octanol–water partition coefficient (Wildman–Crippen LogP) is 6.21. The fraction of sp³-hybridized carbons (Fsp3) is 0.333. The normalized spacial score (nSPS) is 21.5. The summed E-state index contributed by atoms with van der Waals surface area (Å²) in [7, 11) is 1.68. The van der Waals surface area contributed by atoms with E-state index in [1.807, 2.05) is 23.9 Å². The molecule has 0 saturated carbocycles. The van der Waals surface area contributed by atoms with E-state index in [4.69, 9.17) is 21.1 Å². The number of ether oxygens (including phenoxy) is 2. The van der Waals surface area contributed by atoms with Crippen molar-refractivity contribution in [1.82, 2.24) is 5.32 Å². The Labute approximate surface area is 191 Å². The molecular weight excluding hydrogens is 434 g/mol. The van der Waals surface area contributed by atoms with E-state index in [1.165, 1.54) is 11.1 Å². The molecule has 0 aliphatic carbocycles. The summed E-state index contributed by atoms with van der Waals surface area (Å²) < 4.78 is 10.8. The highest BCUT2D eigenvalue weighted by Gasteiger charge is 2.38. The Balaban J connectivity index is 1.50. The molecule has 158 valence electrons. The van der Waals surface area contributed by atoms with E-state index in [0.29, 0.717) is 18.5 Å². The van der Waals surface area contributed by atoms with Crippen LogP contribution < -0.4 is 10.1 Å². The molecule has 1 fully saturated rings. The van der Waals surface area contributed by atoms with Crippen LogP contribution in [0.2, 0.25) is 5.02 Å². The van der Waals surface area contributed by atoms with Crippen molar-refractivity contribution in [1.29, 1.82) is 0 Å². The third kappa shape index (κ3) is 4.87. The van der Waals surface area contributed by atoms with Gasteiger partial charge in [0.25, 0.3) is 0 Å². The first kappa shape index (κ1) is 21.7. The number of thioether (sulfide) groups is 1. The van der Waals surface area contributed by atoms with Gasteiger partial charge < -0.3 is 14.8 Å². The first-order valence-corrected chi connectivity index (χ1v) is 12.3. The number of hydrogen-bond acceptors (Lipinski definition) is 5. The highest BCUT2D eigenvalue weighted by atomic mass is 35.5. The molecule has 1 N–H and O–H groups in total. The van der Waals surface area contributed by atoms with Crippen molar-refractivity contribution >= 4 is 34.7 Å². The minimum absolute atomic E-state index is 0.164. The molecule has 1 aliphatic rings. The first-order chi connectivity index (χ1) is 14.7. The third-order valence-electron chi connectivity index (χ3n) is 5.52. The molecule has 2 aromatic carbocycles. The minimum atomic E-state index is -0.164. The van der Waals surface area contributed by atoms with E-state index in [1.54, 1.807) is 18.4 Å². The summed E-state index contributed by atoms with van der Waals surface area (Å²) in [6.45, 7) is 2.08. The monoisotopic (exact) mass is 459 g/mol. The zero-order valence-corrected chi connectivity index (χ0v) is 19.4. The van der Waals surface area contributed by atoms with Gasteiger partial charge >= 0.3 is 0 Å². The fourth-order valence-corrected chi connectivity index (χ4v) is 6.02. The maximum absolute atomic E-state index is 6.38. The molecule has 1 aromatic heterocycles. The van der Waals surface area contributed by atoms with E-state index in [2.05, 4.69) is 58.5 Å². The SMILES string of the molecule is COCCOc1ccc(C2(c3ccsc3)CCC(Sc3ccccc3Cl)CN2)cc1. The zero-order chi connectivity index (χ0) is 20.8. The van der Waals surface area contributed by atoms with Crippen molar-refractivity contribution in [3.63, 3.8) is 0 Å². The zero-order valence-electron chi connectivity index (χ0n) is 17.0. The lowest BCUT2D eigenvalue weighted by Crippen LogP contribution is -2.50. The topological polar surface area (TPSA) is 30.5 Å². The first-order valence-electron chi connectivity index (χ1n) is 10.1. The van der Waals surface area contributed by atoms with Crippen LogP contribution in [0, 0.1) is 0 Å². The van der Waals surface area contributed by atoms with Gasteiger partial charge in [0, 0.05) is 23.8 Å². The predicted molar refractivity (Wildman–Crippen MR) is 127 cm³/mol. The lowest BCUT2D eigenvalue weighted by Gasteiger charge is -2.41. The van der Waals surface area contributed by atoms with Gasteiger partial charge in [-0.3, -0.25) is 0 Å². The van der Waals surface area contributed by atoms with Crippen molar-refractivity contribution < 1.29 is 9.47 Å². The average molecular weight is 460 g/mol. The molecule has 0 amide bonds. The Bertz CT molecular complexity index is 923. The minimum Gasteiger partial charge on any atom is -0.491 e. The second-order valence-corrected chi connectivity index (χ2v) is 9.90. The summed E-state index contributed by atoms with van der Waals surface area (Å²) >= 11 is 10.00. The van der Waals surface area contributed by atoms with Gasteiger partial charge in [0.2, 0.25) is 0 Å². The number of benzene rings is 2. The van der Waals surface area contributed by atoms with Gasteiger partial charge in [0.1, 0.15) is 12.4 Å². The average Bonchev–Trinajstić information content (AvgIpc) is 3.32. The van der Waals surface area contributed by atoms with Gasteiger partial charge in [-0.1, -0.05) is 35.9 Å². The molecule has 3 nitrogen and oxygen atoms in total. The van der Waals surface area contributed by atoms with Gasteiger partial charge in [0.05, 0.1) is 17.2 Å². The van der Waals surface area contributed by atoms with Gasteiger partial charge in [-0.25, -0.2) is 0 Å². The molecular formula is C24H26ClNO2S2. The van der Waals surface area contributed by atoms with Gasteiger partial charge in [-0.15, -0.1) is 11.8 Å². The van der Waals surface area contributed by atoms with E-state index < -0.39 is 0 Å². The van der Waals surface area contributed by atoms with Crippen LogP contribution in [0.25, 0.3) is 0 Å². The van der Waals surface area contributed by atoms with Crippen LogP contribution in [0.5, 0.6) is 5.75 Å². The van der Waals surface area contributed by atoms with Crippen LogP contribution in [0.1, 0.15) is 24.0 Å². The highest BCUT2D eigenvalue weighted by Crippen LogP contribution is 2.42. The number of halogens is 1. The van der Waals surface area contributed by atoms with E-state index in [9.17, 15) is 0 Å². The molecule has 2 unspecified atom stereocenters. The van der Waals surface area contributed by atoms with Crippen LogP contribution in [0.3, 0.4) is 0 Å². The highest BCUT2D eigenvalue weighted by molar-refractivity contribution is 8.00. The standard InChI is InChI=1S/C24H26ClNO2S2/c1-27-13-14-28-20-8-6-18(7-9-20)24(19-11-15-29-17-19)12-10-21(16-26-24)30-23-5-3-2-4-22(23)25/h2-9,11,15,17,21,26H,10,12-14,16H2,1H3. The summed E-state index contributed by atoms with van der Waals surface area (Å²) in [5, 5.41) is 9.64. The summed E-state index contributed by atoms with van der Waals surface area (Å²) in [5.41, 5.74) is 2.45. The summed E-state index contributed by atoms with van der Waals surface area (Å²) in [6, 6.07) is 18.8. The second kappa shape index (κ2) is 10.2. The number of nitrogens with one attached hydrogen (secondary N) is 1. The smallest absolute Gasteiger partial charge is 0.119 e. The van der Waals surface area contributed by atoms with Crippen molar-refractivity contribution in [3.05, 3.63) is 81.5 Å². The molecule has 30 heavy (non-hydrogen) atoms. The van der Waals surface area contributed by atoms with Crippen molar-refractivity contribution in [2.24, 2.45) is 0 Å². The van der Waals surface area contributed by atoms with E-state index in [0.717, 1.165) is 35.1 Å². The van der Waals surface area contributed by atoms with Gasteiger partial charge in [-0.2, -0.15) is 11.3 Å². The Morgan fingerprint density at radius 3 is 2.60 bits per heavy atom. The van der Waals surface area contributed by atoms with Crippen LogP contribution >= 0.6 is 34.7 Å². The number of rotatable bonds is 8. The molecule has 2 heterocycles. The maximum Gasteiger partial charge on any atom is 0.119 e. The molecule has 1 aliphatic heterocycles. The molecule has 0 bridgehead atoms. The molecule has 3 aromatic rings. The lowest BCUT2D eigenvalue weighted by molar-refractivity contribution is 0.146. The van der Waals surface area contributed by atoms with Crippen LogP contribution in [-0.4, -0.2) is 32.1 Å². The third-order valence-corrected chi connectivity index (χ3v) is 7.99. The molecule has 1 saturated heterocycles. The lowest BCUT2D eigenvalue weighted by atomic mass is 9.78. The van der Waals surface area contributed by atoms with Crippen molar-refractivity contribution in [2.45, 2.75) is 28.5 Å². The van der Waals surface area contributed by atoms with Crippen LogP contribution in [0.15, 0.2) is 70.3 Å². The molecule has 6 heteroatoms. The Morgan fingerprint density at radius 2 is 1.93 bits per heavy atom. The molecule has 4 rings (SSSR count). The Hall–Kier alpha value is -1.50. The maximum atomic E-state index is 6.38. The Morgan fingerprint density at radius 1 is 1.10 bits per heavy atom. The van der Waals surface area contributed by atoms with E-state index in [-0.39, 0.29) is 5.54 Å². The summed E-state index contributed by atoms with van der Waals surface area (Å²) in [6.07, 6.45) is 2.15. The van der Waals surface area contributed by atoms with Gasteiger partial charge in [0.15, 0.2) is 0 Å². The summed E-state index contributed by atoms with van der Waals surface area (Å²) in [4.78, 5) is 1.16. The number of thiophene rings is 1. The fourth-order valence-electron chi connectivity index (χ4n) is 3.92. The largest absolute Gasteiger partial charge is 0.491 e. The quantitative estimate of drug-likeness (QED) is 0.405. The summed E-state index contributed by atoms with van der Waals surface area (Å²) in [5.74, 6) is 0.874. The number of piperidine rings is 1. The molecule has 0 spiro atoms. The van der Waals surface area contributed by atoms with Crippen LogP contribution in [0.4, 0.5) is 0 Å².